The Hall–Kier alpha value is -0.230. The van der Waals surface area contributed by atoms with E-state index in [4.69, 9.17) is 16.3 Å². The summed E-state index contributed by atoms with van der Waals surface area (Å²) >= 11 is 14.8. The van der Waals surface area contributed by atoms with E-state index in [9.17, 15) is 0 Å². The summed E-state index contributed by atoms with van der Waals surface area (Å²) in [6.07, 6.45) is 0. The summed E-state index contributed by atoms with van der Waals surface area (Å²) in [6.45, 7) is 0.724. The minimum absolute atomic E-state index is 0.686. The van der Waals surface area contributed by atoms with Gasteiger partial charge in [-0.25, -0.2) is 0 Å². The highest BCUT2D eigenvalue weighted by molar-refractivity contribution is 9.13. The molecule has 2 aromatic rings. The Balaban J connectivity index is 2.10. The van der Waals surface area contributed by atoms with Gasteiger partial charge in [0.1, 0.15) is 5.75 Å². The van der Waals surface area contributed by atoms with Crippen LogP contribution >= 0.6 is 54.8 Å². The van der Waals surface area contributed by atoms with E-state index in [1.165, 1.54) is 4.88 Å². The molecular weight excluding hydrogens is 401 g/mol. The Kier molecular flexibility index (Phi) is 4.95. The molecule has 0 amide bonds. The predicted molar refractivity (Wildman–Crippen MR) is 85.0 cm³/mol. The molecule has 2 nitrogen and oxygen atoms in total. The van der Waals surface area contributed by atoms with Crippen molar-refractivity contribution in [2.45, 2.75) is 6.54 Å². The van der Waals surface area contributed by atoms with Gasteiger partial charge < -0.3 is 10.1 Å². The summed E-state index contributed by atoms with van der Waals surface area (Å²) in [7, 11) is 1.64. The highest BCUT2D eigenvalue weighted by Gasteiger charge is 2.06. The van der Waals surface area contributed by atoms with E-state index >= 15 is 0 Å². The van der Waals surface area contributed by atoms with Crippen LogP contribution in [-0.4, -0.2) is 7.11 Å². The van der Waals surface area contributed by atoms with Crippen molar-refractivity contribution in [3.8, 4) is 5.75 Å². The summed E-state index contributed by atoms with van der Waals surface area (Å²) in [4.78, 5) is 1.22. The fourth-order valence-corrected chi connectivity index (χ4v) is 3.73. The lowest BCUT2D eigenvalue weighted by atomic mass is 10.3. The van der Waals surface area contributed by atoms with Gasteiger partial charge in [-0.3, -0.25) is 0 Å². The second-order valence-electron chi connectivity index (χ2n) is 3.53. The topological polar surface area (TPSA) is 21.3 Å². The fraction of sp³-hybridized carbons (Fsp3) is 0.167. The summed E-state index contributed by atoms with van der Waals surface area (Å²) in [6, 6.07) is 7.63. The van der Waals surface area contributed by atoms with Crippen LogP contribution in [0.15, 0.2) is 32.5 Å². The van der Waals surface area contributed by atoms with Crippen molar-refractivity contribution in [2.24, 2.45) is 0 Å². The smallest absolute Gasteiger partial charge is 0.121 e. The standard InChI is InChI=1S/C12H10Br2ClNOS/c1-17-7-2-3-10(15)11(4-7)16-6-8-5-9(13)12(14)18-8/h2-5,16H,6H2,1H3. The van der Waals surface area contributed by atoms with Crippen LogP contribution < -0.4 is 10.1 Å². The third-order valence-electron chi connectivity index (χ3n) is 2.32. The lowest BCUT2D eigenvalue weighted by molar-refractivity contribution is 0.415. The van der Waals surface area contributed by atoms with Crippen LogP contribution in [0.4, 0.5) is 5.69 Å². The van der Waals surface area contributed by atoms with E-state index in [2.05, 4.69) is 43.2 Å². The lowest BCUT2D eigenvalue weighted by Crippen LogP contribution is -1.98. The molecule has 0 saturated heterocycles. The zero-order valence-corrected chi connectivity index (χ0v) is 14.2. The van der Waals surface area contributed by atoms with Crippen molar-refractivity contribution in [3.05, 3.63) is 42.4 Å². The van der Waals surface area contributed by atoms with Gasteiger partial charge >= 0.3 is 0 Å². The number of rotatable bonds is 4. The zero-order chi connectivity index (χ0) is 13.1. The fourth-order valence-electron chi connectivity index (χ4n) is 1.43. The molecule has 18 heavy (non-hydrogen) atoms. The van der Waals surface area contributed by atoms with Gasteiger partial charge in [0.2, 0.25) is 0 Å². The number of halogens is 3. The maximum atomic E-state index is 6.12. The minimum atomic E-state index is 0.686. The Labute approximate surface area is 132 Å². The highest BCUT2D eigenvalue weighted by Crippen LogP contribution is 2.33. The largest absolute Gasteiger partial charge is 0.497 e. The van der Waals surface area contributed by atoms with Crippen LogP contribution in [0.1, 0.15) is 4.88 Å². The number of hydrogen-bond acceptors (Lipinski definition) is 3. The first-order chi connectivity index (χ1) is 8.60. The van der Waals surface area contributed by atoms with E-state index < -0.39 is 0 Å². The van der Waals surface area contributed by atoms with E-state index in [0.717, 1.165) is 26.2 Å². The second-order valence-corrected chi connectivity index (χ2v) is 7.25. The summed E-state index contributed by atoms with van der Waals surface area (Å²) in [5, 5.41) is 3.99. The van der Waals surface area contributed by atoms with Gasteiger partial charge in [0.05, 0.1) is 21.6 Å². The van der Waals surface area contributed by atoms with Crippen LogP contribution in [0.25, 0.3) is 0 Å². The monoisotopic (exact) mass is 409 g/mol. The van der Waals surface area contributed by atoms with Crippen molar-refractivity contribution in [2.75, 3.05) is 12.4 Å². The molecule has 0 spiro atoms. The molecule has 96 valence electrons. The molecule has 0 saturated carbocycles. The molecule has 2 rings (SSSR count). The van der Waals surface area contributed by atoms with Gasteiger partial charge in [-0.1, -0.05) is 11.6 Å². The summed E-state index contributed by atoms with van der Waals surface area (Å²) in [5.41, 5.74) is 0.872. The Morgan fingerprint density at radius 1 is 1.33 bits per heavy atom. The number of methoxy groups -OCH3 is 1. The van der Waals surface area contributed by atoms with E-state index in [1.807, 2.05) is 18.2 Å². The molecule has 1 N–H and O–H groups in total. The van der Waals surface area contributed by atoms with Crippen LogP contribution in [0.3, 0.4) is 0 Å². The first-order valence-electron chi connectivity index (χ1n) is 5.11. The van der Waals surface area contributed by atoms with E-state index in [1.54, 1.807) is 18.4 Å². The maximum Gasteiger partial charge on any atom is 0.121 e. The van der Waals surface area contributed by atoms with Gasteiger partial charge in [0.15, 0.2) is 0 Å². The van der Waals surface area contributed by atoms with Crippen molar-refractivity contribution in [3.63, 3.8) is 0 Å². The molecule has 6 heteroatoms. The normalized spacial score (nSPS) is 10.4. The number of benzene rings is 1. The SMILES string of the molecule is COc1ccc(Cl)c(NCc2cc(Br)c(Br)s2)c1. The van der Waals surface area contributed by atoms with Crippen LogP contribution in [0.5, 0.6) is 5.75 Å². The molecule has 1 heterocycles. The van der Waals surface area contributed by atoms with Crippen LogP contribution in [0.2, 0.25) is 5.02 Å². The first-order valence-corrected chi connectivity index (χ1v) is 7.89. The Morgan fingerprint density at radius 2 is 2.11 bits per heavy atom. The summed E-state index contributed by atoms with van der Waals surface area (Å²) in [5.74, 6) is 0.787. The average Bonchev–Trinajstić information content (AvgIpc) is 2.68. The van der Waals surface area contributed by atoms with Crippen molar-refractivity contribution < 1.29 is 4.74 Å². The number of ether oxygens (including phenoxy) is 1. The van der Waals surface area contributed by atoms with Crippen molar-refractivity contribution in [1.29, 1.82) is 0 Å². The quantitative estimate of drug-likeness (QED) is 0.712. The number of hydrogen-bond donors (Lipinski definition) is 1. The highest BCUT2D eigenvalue weighted by atomic mass is 79.9. The molecule has 0 bridgehead atoms. The number of anilines is 1. The van der Waals surface area contributed by atoms with Crippen molar-refractivity contribution >= 4 is 60.5 Å². The Morgan fingerprint density at radius 3 is 2.72 bits per heavy atom. The third kappa shape index (κ3) is 3.41. The molecule has 0 radical (unpaired) electrons. The zero-order valence-electron chi connectivity index (χ0n) is 9.47. The molecule has 0 aliphatic heterocycles. The average molecular weight is 412 g/mol. The summed E-state index contributed by atoms with van der Waals surface area (Å²) < 4.78 is 7.34. The number of thiophene rings is 1. The van der Waals surface area contributed by atoms with Gasteiger partial charge in [0.25, 0.3) is 0 Å². The molecule has 0 aliphatic carbocycles. The third-order valence-corrected chi connectivity index (χ3v) is 5.91. The first kappa shape index (κ1) is 14.2. The Bertz CT molecular complexity index is 540. The number of nitrogens with one attached hydrogen (secondary N) is 1. The molecule has 0 aliphatic rings. The minimum Gasteiger partial charge on any atom is -0.497 e. The van der Waals surface area contributed by atoms with Gasteiger partial charge in [-0.05, 0) is 50.1 Å². The molecular formula is C12H10Br2ClNOS. The van der Waals surface area contributed by atoms with Gasteiger partial charge in [-0.2, -0.15) is 0 Å². The molecule has 0 unspecified atom stereocenters. The van der Waals surface area contributed by atoms with Crippen molar-refractivity contribution in [1.82, 2.24) is 0 Å². The van der Waals surface area contributed by atoms with Crippen LogP contribution in [0, 0.1) is 0 Å². The van der Waals surface area contributed by atoms with Gasteiger partial charge in [-0.15, -0.1) is 11.3 Å². The molecule has 1 aromatic carbocycles. The molecule has 0 atom stereocenters. The molecule has 0 fully saturated rings. The van der Waals surface area contributed by atoms with E-state index in [0.29, 0.717) is 5.02 Å². The maximum absolute atomic E-state index is 6.12. The van der Waals surface area contributed by atoms with E-state index in [-0.39, 0.29) is 0 Å². The van der Waals surface area contributed by atoms with Gasteiger partial charge in [0, 0.05) is 22.0 Å². The predicted octanol–water partition coefficient (Wildman–Crippen LogP) is 5.55. The second kappa shape index (κ2) is 6.28. The molecule has 1 aromatic heterocycles. The lowest BCUT2D eigenvalue weighted by Gasteiger charge is -2.09. The van der Waals surface area contributed by atoms with Crippen LogP contribution in [-0.2, 0) is 6.54 Å².